The van der Waals surface area contributed by atoms with Gasteiger partial charge in [-0.2, -0.15) is 5.10 Å². The maximum atomic E-state index is 13.4. The fourth-order valence-electron chi connectivity index (χ4n) is 3.69. The summed E-state index contributed by atoms with van der Waals surface area (Å²) in [6, 6.07) is 20.8. The smallest absolute Gasteiger partial charge is 0.253 e. The van der Waals surface area contributed by atoms with Crippen molar-refractivity contribution in [2.24, 2.45) is 0 Å². The molecule has 4 aromatic rings. The molecule has 0 saturated carbocycles. The van der Waals surface area contributed by atoms with Crippen molar-refractivity contribution >= 4 is 34.1 Å². The Hall–Kier alpha value is -4.33. The number of aryl methyl sites for hydroxylation is 1. The molecule has 0 aliphatic carbocycles. The molecule has 0 radical (unpaired) electrons. The highest BCUT2D eigenvalue weighted by Gasteiger charge is 2.23. The molecule has 1 aromatic heterocycles. The van der Waals surface area contributed by atoms with E-state index in [9.17, 15) is 14.4 Å². The molecule has 8 heteroatoms. The average molecular weight is 456 g/mol. The first-order chi connectivity index (χ1) is 16.3. The highest BCUT2D eigenvalue weighted by molar-refractivity contribution is 6.10. The molecule has 0 saturated heterocycles. The van der Waals surface area contributed by atoms with Crippen LogP contribution >= 0.6 is 0 Å². The van der Waals surface area contributed by atoms with Gasteiger partial charge in [-0.1, -0.05) is 42.5 Å². The van der Waals surface area contributed by atoms with E-state index < -0.39 is 18.1 Å². The Kier molecular flexibility index (Phi) is 6.49. The number of aromatic nitrogens is 3. The van der Waals surface area contributed by atoms with E-state index in [0.717, 1.165) is 16.3 Å². The van der Waals surface area contributed by atoms with Crippen molar-refractivity contribution in [3.8, 4) is 0 Å². The van der Waals surface area contributed by atoms with Crippen LogP contribution in [0, 0.1) is 6.92 Å². The number of nitrogens with one attached hydrogen (secondary N) is 1. The van der Waals surface area contributed by atoms with E-state index in [1.54, 1.807) is 45.3 Å². The zero-order chi connectivity index (χ0) is 24.2. The summed E-state index contributed by atoms with van der Waals surface area (Å²) in [7, 11) is 3.34. The normalized spacial score (nSPS) is 10.8. The van der Waals surface area contributed by atoms with Gasteiger partial charge in [0, 0.05) is 25.3 Å². The van der Waals surface area contributed by atoms with Crippen LogP contribution in [0.1, 0.15) is 38.8 Å². The van der Waals surface area contributed by atoms with Crippen molar-refractivity contribution < 1.29 is 14.4 Å². The number of ketones is 1. The second kappa shape index (κ2) is 9.66. The second-order valence-corrected chi connectivity index (χ2v) is 8.26. The Morgan fingerprint density at radius 2 is 1.68 bits per heavy atom. The Labute approximate surface area is 197 Å². The summed E-state index contributed by atoms with van der Waals surface area (Å²) in [5.74, 6) is -0.576. The molecule has 0 fully saturated rings. The van der Waals surface area contributed by atoms with Gasteiger partial charge in [-0.05, 0) is 47.5 Å². The number of anilines is 1. The monoisotopic (exact) mass is 455 g/mol. The maximum Gasteiger partial charge on any atom is 0.253 e. The molecule has 2 amide bonds. The van der Waals surface area contributed by atoms with Gasteiger partial charge >= 0.3 is 0 Å². The molecular formula is C26H25N5O3. The molecule has 0 bridgehead atoms. The van der Waals surface area contributed by atoms with Crippen LogP contribution in [0.25, 0.3) is 10.8 Å². The standard InChI is InChI=1S/C26H25N5O3/c1-17-27-25(29-28-17)23(32)15-24(33)31(22-10-6-9-21(14-22)26(34)30(2)3)16-18-11-12-19-7-4-5-8-20(19)13-18/h4-14H,15-16H2,1-3H3,(H,27,28,29). The molecule has 4 rings (SSSR count). The number of nitrogens with zero attached hydrogens (tertiary/aromatic N) is 4. The average Bonchev–Trinajstić information content (AvgIpc) is 3.28. The third-order valence-corrected chi connectivity index (χ3v) is 5.42. The van der Waals surface area contributed by atoms with Gasteiger partial charge in [0.2, 0.25) is 17.5 Å². The lowest BCUT2D eigenvalue weighted by molar-refractivity contribution is -0.117. The Morgan fingerprint density at radius 3 is 2.38 bits per heavy atom. The number of Topliss-reactive ketones (excluding diaryl/α,β-unsaturated/α-hetero) is 1. The highest BCUT2D eigenvalue weighted by Crippen LogP contribution is 2.23. The number of hydrogen-bond donors (Lipinski definition) is 1. The molecular weight excluding hydrogens is 430 g/mol. The minimum Gasteiger partial charge on any atom is -0.345 e. The Balaban J connectivity index is 1.67. The van der Waals surface area contributed by atoms with E-state index >= 15 is 0 Å². The number of carbonyl (C=O) groups excluding carboxylic acids is 3. The van der Waals surface area contributed by atoms with Crippen LogP contribution in [0.15, 0.2) is 66.7 Å². The van der Waals surface area contributed by atoms with Crippen molar-refractivity contribution in [2.45, 2.75) is 19.9 Å². The van der Waals surface area contributed by atoms with Crippen LogP contribution in [0.2, 0.25) is 0 Å². The third kappa shape index (κ3) is 5.01. The first-order valence-corrected chi connectivity index (χ1v) is 10.8. The van der Waals surface area contributed by atoms with Gasteiger partial charge in [0.1, 0.15) is 5.82 Å². The summed E-state index contributed by atoms with van der Waals surface area (Å²) in [6.07, 6.45) is -0.392. The van der Waals surface area contributed by atoms with Crippen LogP contribution in [-0.2, 0) is 11.3 Å². The van der Waals surface area contributed by atoms with E-state index in [2.05, 4.69) is 15.2 Å². The molecule has 1 N–H and O–H groups in total. The zero-order valence-corrected chi connectivity index (χ0v) is 19.3. The molecule has 0 aliphatic rings. The highest BCUT2D eigenvalue weighted by atomic mass is 16.2. The lowest BCUT2D eigenvalue weighted by Gasteiger charge is -2.24. The SMILES string of the molecule is Cc1nc(C(=O)CC(=O)N(Cc2ccc3ccccc3c2)c2cccc(C(=O)N(C)C)c2)n[nH]1. The lowest BCUT2D eigenvalue weighted by atomic mass is 10.1. The molecule has 8 nitrogen and oxygen atoms in total. The number of rotatable bonds is 7. The molecule has 3 aromatic carbocycles. The number of aromatic amines is 1. The first kappa shape index (κ1) is 22.8. The van der Waals surface area contributed by atoms with Crippen molar-refractivity contribution in [1.29, 1.82) is 0 Å². The molecule has 34 heavy (non-hydrogen) atoms. The second-order valence-electron chi connectivity index (χ2n) is 8.26. The molecule has 1 heterocycles. The summed E-state index contributed by atoms with van der Waals surface area (Å²) in [4.78, 5) is 45.5. The van der Waals surface area contributed by atoms with Crippen molar-refractivity contribution in [1.82, 2.24) is 20.1 Å². The van der Waals surface area contributed by atoms with E-state index in [0.29, 0.717) is 17.1 Å². The predicted molar refractivity (Wildman–Crippen MR) is 130 cm³/mol. The fraction of sp³-hybridized carbons (Fsp3) is 0.192. The van der Waals surface area contributed by atoms with E-state index in [1.807, 2.05) is 42.5 Å². The van der Waals surface area contributed by atoms with Gasteiger partial charge in [-0.25, -0.2) is 4.98 Å². The number of H-pyrrole nitrogens is 1. The van der Waals surface area contributed by atoms with Gasteiger partial charge in [0.25, 0.3) is 5.91 Å². The number of carbonyl (C=O) groups is 3. The van der Waals surface area contributed by atoms with Gasteiger partial charge in [-0.15, -0.1) is 0 Å². The van der Waals surface area contributed by atoms with Gasteiger partial charge in [0.05, 0.1) is 13.0 Å². The van der Waals surface area contributed by atoms with E-state index in [4.69, 9.17) is 0 Å². The van der Waals surface area contributed by atoms with Gasteiger partial charge in [-0.3, -0.25) is 19.5 Å². The van der Waals surface area contributed by atoms with Crippen LogP contribution < -0.4 is 4.90 Å². The Bertz CT molecular complexity index is 1380. The van der Waals surface area contributed by atoms with Crippen molar-refractivity contribution in [2.75, 3.05) is 19.0 Å². The lowest BCUT2D eigenvalue weighted by Crippen LogP contribution is -2.32. The molecule has 0 unspecified atom stereocenters. The van der Waals surface area contributed by atoms with Crippen molar-refractivity contribution in [3.05, 3.63) is 89.5 Å². The van der Waals surface area contributed by atoms with Crippen molar-refractivity contribution in [3.63, 3.8) is 0 Å². The molecule has 0 spiro atoms. The minimum absolute atomic E-state index is 0.0203. The summed E-state index contributed by atoms with van der Waals surface area (Å²) in [6.45, 7) is 1.93. The van der Waals surface area contributed by atoms with Crippen LogP contribution in [0.5, 0.6) is 0 Å². The van der Waals surface area contributed by atoms with E-state index in [1.165, 1.54) is 9.80 Å². The Morgan fingerprint density at radius 1 is 0.912 bits per heavy atom. The topological polar surface area (TPSA) is 99.3 Å². The number of amides is 2. The maximum absolute atomic E-state index is 13.4. The predicted octanol–water partition coefficient (Wildman–Crippen LogP) is 3.77. The quantitative estimate of drug-likeness (QED) is 0.338. The summed E-state index contributed by atoms with van der Waals surface area (Å²) in [5.41, 5.74) is 1.89. The van der Waals surface area contributed by atoms with Gasteiger partial charge < -0.3 is 9.80 Å². The molecule has 0 aliphatic heterocycles. The number of hydrogen-bond acceptors (Lipinski definition) is 5. The molecule has 0 atom stereocenters. The third-order valence-electron chi connectivity index (χ3n) is 5.42. The van der Waals surface area contributed by atoms with E-state index in [-0.39, 0.29) is 18.3 Å². The van der Waals surface area contributed by atoms with Crippen LogP contribution in [0.3, 0.4) is 0 Å². The summed E-state index contributed by atoms with van der Waals surface area (Å²) >= 11 is 0. The zero-order valence-electron chi connectivity index (χ0n) is 19.3. The largest absolute Gasteiger partial charge is 0.345 e. The minimum atomic E-state index is -0.474. The number of fused-ring (bicyclic) bond motifs is 1. The summed E-state index contributed by atoms with van der Waals surface area (Å²) < 4.78 is 0. The fourth-order valence-corrected chi connectivity index (χ4v) is 3.69. The molecule has 172 valence electrons. The first-order valence-electron chi connectivity index (χ1n) is 10.8. The number of benzene rings is 3. The van der Waals surface area contributed by atoms with Gasteiger partial charge in [0.15, 0.2) is 0 Å². The van der Waals surface area contributed by atoms with Crippen LogP contribution in [0.4, 0.5) is 5.69 Å². The van der Waals surface area contributed by atoms with Crippen LogP contribution in [-0.4, -0.2) is 51.8 Å². The summed E-state index contributed by atoms with van der Waals surface area (Å²) in [5, 5.41) is 8.64.